The molecule has 6 heteroatoms. The Labute approximate surface area is 91.8 Å². The maximum atomic E-state index is 11.2. The van der Waals surface area contributed by atoms with Crippen LogP contribution >= 0.6 is 0 Å². The minimum atomic E-state index is -0.530. The van der Waals surface area contributed by atoms with Gasteiger partial charge >= 0.3 is 5.97 Å². The van der Waals surface area contributed by atoms with E-state index in [0.717, 1.165) is 29.7 Å². The van der Waals surface area contributed by atoms with Crippen LogP contribution < -0.4 is 11.1 Å². The van der Waals surface area contributed by atoms with E-state index in [1.165, 1.54) is 0 Å². The summed E-state index contributed by atoms with van der Waals surface area (Å²) in [5.41, 5.74) is -0.868. The van der Waals surface area contributed by atoms with E-state index in [1.54, 1.807) is 0 Å². The van der Waals surface area contributed by atoms with Gasteiger partial charge in [0.25, 0.3) is 11.1 Å². The molecule has 1 rings (SSSR count). The Hall–Kier alpha value is -1.85. The molecule has 1 heterocycles. The highest BCUT2D eigenvalue weighted by Gasteiger charge is 2.05. The number of aromatic amines is 1. The third kappa shape index (κ3) is 3.72. The molecular weight excluding hydrogens is 212 g/mol. The number of ether oxygens (including phenoxy) is 1. The SMILES string of the molecule is CCCCOC(=O)Cn1[nH]c(=O)ccc1=O. The van der Waals surface area contributed by atoms with Crippen LogP contribution in [0.15, 0.2) is 21.7 Å². The van der Waals surface area contributed by atoms with Crippen molar-refractivity contribution in [3.8, 4) is 0 Å². The number of hydrogen-bond donors (Lipinski definition) is 1. The van der Waals surface area contributed by atoms with Crippen LogP contribution in [0.1, 0.15) is 19.8 Å². The van der Waals surface area contributed by atoms with Crippen molar-refractivity contribution in [1.82, 2.24) is 9.78 Å². The van der Waals surface area contributed by atoms with Crippen LogP contribution in [0, 0.1) is 0 Å². The largest absolute Gasteiger partial charge is 0.464 e. The van der Waals surface area contributed by atoms with Crippen LogP contribution in [-0.4, -0.2) is 22.4 Å². The summed E-state index contributed by atoms with van der Waals surface area (Å²) in [5.74, 6) is -0.530. The number of carbonyl (C=O) groups is 1. The molecule has 0 atom stereocenters. The standard InChI is InChI=1S/C10H14N2O4/c1-2-3-6-16-10(15)7-12-9(14)5-4-8(13)11-12/h4-5H,2-3,6-7H2,1H3,(H,11,13). The quantitative estimate of drug-likeness (QED) is 0.560. The first-order chi connectivity index (χ1) is 7.63. The number of aromatic nitrogens is 2. The van der Waals surface area contributed by atoms with Gasteiger partial charge in [-0.1, -0.05) is 13.3 Å². The van der Waals surface area contributed by atoms with Gasteiger partial charge in [0.2, 0.25) is 0 Å². The second-order valence-corrected chi connectivity index (χ2v) is 3.31. The number of rotatable bonds is 5. The summed E-state index contributed by atoms with van der Waals surface area (Å²) in [6.07, 6.45) is 1.71. The van der Waals surface area contributed by atoms with Crippen molar-refractivity contribution in [2.75, 3.05) is 6.61 Å². The summed E-state index contributed by atoms with van der Waals surface area (Å²) in [7, 11) is 0. The Bertz CT molecular complexity index is 460. The van der Waals surface area contributed by atoms with Gasteiger partial charge in [-0.3, -0.25) is 19.5 Å². The van der Waals surface area contributed by atoms with Crippen molar-refractivity contribution >= 4 is 5.97 Å². The third-order valence-electron chi connectivity index (χ3n) is 1.94. The Morgan fingerprint density at radius 2 is 2.19 bits per heavy atom. The molecule has 0 amide bonds. The lowest BCUT2D eigenvalue weighted by molar-refractivity contribution is -0.144. The topological polar surface area (TPSA) is 81.2 Å². The minimum absolute atomic E-state index is 0.265. The molecule has 0 saturated carbocycles. The van der Waals surface area contributed by atoms with Crippen LogP contribution in [0.2, 0.25) is 0 Å². The molecule has 0 radical (unpaired) electrons. The minimum Gasteiger partial charge on any atom is -0.464 e. The molecule has 16 heavy (non-hydrogen) atoms. The van der Waals surface area contributed by atoms with Gasteiger partial charge in [0.15, 0.2) is 0 Å². The molecule has 0 fully saturated rings. The maximum Gasteiger partial charge on any atom is 0.327 e. The smallest absolute Gasteiger partial charge is 0.327 e. The summed E-state index contributed by atoms with van der Waals surface area (Å²) in [4.78, 5) is 33.4. The highest BCUT2D eigenvalue weighted by molar-refractivity contribution is 5.68. The van der Waals surface area contributed by atoms with Gasteiger partial charge in [0.05, 0.1) is 6.61 Å². The van der Waals surface area contributed by atoms with E-state index < -0.39 is 17.1 Å². The first-order valence-electron chi connectivity index (χ1n) is 5.09. The molecule has 0 spiro atoms. The van der Waals surface area contributed by atoms with E-state index >= 15 is 0 Å². The van der Waals surface area contributed by atoms with Gasteiger partial charge in [-0.25, -0.2) is 4.68 Å². The van der Waals surface area contributed by atoms with E-state index in [4.69, 9.17) is 4.74 Å². The van der Waals surface area contributed by atoms with E-state index in [1.807, 2.05) is 6.92 Å². The zero-order valence-corrected chi connectivity index (χ0v) is 9.06. The van der Waals surface area contributed by atoms with Gasteiger partial charge in [-0.2, -0.15) is 0 Å². The highest BCUT2D eigenvalue weighted by Crippen LogP contribution is 1.89. The third-order valence-corrected chi connectivity index (χ3v) is 1.94. The maximum absolute atomic E-state index is 11.2. The van der Waals surface area contributed by atoms with E-state index in [0.29, 0.717) is 6.61 Å². The molecule has 1 N–H and O–H groups in total. The van der Waals surface area contributed by atoms with Crippen LogP contribution in [0.5, 0.6) is 0 Å². The molecule has 1 aromatic heterocycles. The molecule has 6 nitrogen and oxygen atoms in total. The summed E-state index contributed by atoms with van der Waals surface area (Å²) >= 11 is 0. The van der Waals surface area contributed by atoms with Gasteiger partial charge in [0.1, 0.15) is 6.54 Å². The number of carbonyl (C=O) groups excluding carboxylic acids is 1. The summed E-state index contributed by atoms with van der Waals surface area (Å²) in [6.45, 7) is 2.05. The summed E-state index contributed by atoms with van der Waals surface area (Å²) in [6, 6.07) is 2.22. The molecule has 0 aliphatic carbocycles. The normalized spacial score (nSPS) is 10.1. The van der Waals surface area contributed by atoms with Crippen molar-refractivity contribution in [3.05, 3.63) is 32.8 Å². The fraction of sp³-hybridized carbons (Fsp3) is 0.500. The lowest BCUT2D eigenvalue weighted by atomic mass is 10.4. The number of nitrogens with zero attached hydrogens (tertiary/aromatic N) is 1. The van der Waals surface area contributed by atoms with Crippen LogP contribution in [-0.2, 0) is 16.1 Å². The Morgan fingerprint density at radius 1 is 1.44 bits per heavy atom. The average Bonchev–Trinajstić information content (AvgIpc) is 2.24. The van der Waals surface area contributed by atoms with E-state index in [9.17, 15) is 14.4 Å². The Kier molecular flexibility index (Phi) is 4.50. The van der Waals surface area contributed by atoms with Crippen molar-refractivity contribution in [1.29, 1.82) is 0 Å². The summed E-state index contributed by atoms with van der Waals surface area (Å²) in [5, 5.41) is 2.24. The van der Waals surface area contributed by atoms with Crippen LogP contribution in [0.4, 0.5) is 0 Å². The van der Waals surface area contributed by atoms with Gasteiger partial charge in [0, 0.05) is 12.1 Å². The predicted molar refractivity (Wildman–Crippen MR) is 57.2 cm³/mol. The molecule has 0 unspecified atom stereocenters. The molecule has 0 aliphatic rings. The molecule has 0 aliphatic heterocycles. The van der Waals surface area contributed by atoms with Crippen molar-refractivity contribution < 1.29 is 9.53 Å². The van der Waals surface area contributed by atoms with E-state index in [2.05, 4.69) is 5.10 Å². The van der Waals surface area contributed by atoms with Gasteiger partial charge in [-0.05, 0) is 6.42 Å². The van der Waals surface area contributed by atoms with Crippen LogP contribution in [0.25, 0.3) is 0 Å². The van der Waals surface area contributed by atoms with Crippen LogP contribution in [0.3, 0.4) is 0 Å². The molecule has 0 saturated heterocycles. The second kappa shape index (κ2) is 5.89. The zero-order chi connectivity index (χ0) is 12.0. The molecule has 88 valence electrons. The highest BCUT2D eigenvalue weighted by atomic mass is 16.5. The Morgan fingerprint density at radius 3 is 2.88 bits per heavy atom. The van der Waals surface area contributed by atoms with Gasteiger partial charge in [-0.15, -0.1) is 0 Å². The Balaban J connectivity index is 2.59. The molecule has 1 aromatic rings. The van der Waals surface area contributed by atoms with Crippen molar-refractivity contribution in [2.45, 2.75) is 26.3 Å². The monoisotopic (exact) mass is 226 g/mol. The first-order valence-corrected chi connectivity index (χ1v) is 5.09. The van der Waals surface area contributed by atoms with Crippen molar-refractivity contribution in [3.63, 3.8) is 0 Å². The number of nitrogens with one attached hydrogen (secondary N) is 1. The number of H-pyrrole nitrogens is 1. The lowest BCUT2D eigenvalue weighted by Gasteiger charge is -2.05. The average molecular weight is 226 g/mol. The number of esters is 1. The first kappa shape index (κ1) is 12.2. The predicted octanol–water partition coefficient (Wildman–Crippen LogP) is -0.120. The number of hydrogen-bond acceptors (Lipinski definition) is 4. The molecule has 0 aromatic carbocycles. The number of unbranched alkanes of at least 4 members (excludes halogenated alkanes) is 1. The fourth-order valence-corrected chi connectivity index (χ4v) is 1.08. The summed E-state index contributed by atoms with van der Waals surface area (Å²) < 4.78 is 5.79. The molecular formula is C10H14N2O4. The van der Waals surface area contributed by atoms with Crippen molar-refractivity contribution in [2.24, 2.45) is 0 Å². The second-order valence-electron chi connectivity index (χ2n) is 3.31. The van der Waals surface area contributed by atoms with Gasteiger partial charge < -0.3 is 4.74 Å². The lowest BCUT2D eigenvalue weighted by Crippen LogP contribution is -2.31. The zero-order valence-electron chi connectivity index (χ0n) is 9.06. The molecule has 0 bridgehead atoms. The fourth-order valence-electron chi connectivity index (χ4n) is 1.08. The van der Waals surface area contributed by atoms with E-state index in [-0.39, 0.29) is 6.54 Å².